The summed E-state index contributed by atoms with van der Waals surface area (Å²) in [5.74, 6) is 2.81. The molecule has 0 spiro atoms. The van der Waals surface area contributed by atoms with Gasteiger partial charge in [0, 0.05) is 31.4 Å². The van der Waals surface area contributed by atoms with E-state index in [4.69, 9.17) is 11.2 Å². The smallest absolute Gasteiger partial charge is 0.257 e. The second-order valence-electron chi connectivity index (χ2n) is 8.32. The fourth-order valence-electron chi connectivity index (χ4n) is 3.81. The number of nitrogens with one attached hydrogen (secondary N) is 1. The summed E-state index contributed by atoms with van der Waals surface area (Å²) in [5.41, 5.74) is 0. The molecule has 2 atom stereocenters. The minimum absolute atomic E-state index is 0.0194. The minimum Gasteiger partial charge on any atom is -0.499 e. The summed E-state index contributed by atoms with van der Waals surface area (Å²) in [4.78, 5) is 38.5. The van der Waals surface area contributed by atoms with Crippen LogP contribution in [0.4, 0.5) is 0 Å². The van der Waals surface area contributed by atoms with Gasteiger partial charge in [0.1, 0.15) is 5.76 Å². The van der Waals surface area contributed by atoms with Gasteiger partial charge in [0.05, 0.1) is 13.2 Å². The van der Waals surface area contributed by atoms with Gasteiger partial charge in [-0.1, -0.05) is 39.5 Å². The predicted octanol–water partition coefficient (Wildman–Crippen LogP) is 4.34. The van der Waals surface area contributed by atoms with Gasteiger partial charge in [0.15, 0.2) is 0 Å². The van der Waals surface area contributed by atoms with Crippen LogP contribution >= 0.6 is 0 Å². The lowest BCUT2D eigenvalue weighted by Gasteiger charge is -2.25. The molecular weight excluding hydrogens is 392 g/mol. The Bertz CT molecular complexity index is 650. The Hall–Kier alpha value is -2.29. The maximum Gasteiger partial charge on any atom is 0.257 e. The molecule has 3 amide bonds. The molecule has 0 aromatic carbocycles. The van der Waals surface area contributed by atoms with Crippen molar-refractivity contribution in [3.05, 3.63) is 11.8 Å². The van der Waals surface area contributed by atoms with E-state index >= 15 is 0 Å². The van der Waals surface area contributed by atoms with Crippen molar-refractivity contribution in [2.45, 2.75) is 96.9 Å². The molecule has 0 bridgehead atoms. The lowest BCUT2D eigenvalue weighted by molar-refractivity contribution is -0.143. The standard InChI is InChI=1S/C25H40N2O4/c1-5-7-9-11-15-20(3)25(30)26-18-14-13-16-21-22(31-4)19-24(29)27(21)23(28)17-12-10-8-6-2/h1,19-21H,6-18H2,2-4H3,(H,26,30). The van der Waals surface area contributed by atoms with E-state index in [2.05, 4.69) is 18.2 Å². The molecule has 0 saturated carbocycles. The molecule has 1 heterocycles. The van der Waals surface area contributed by atoms with Gasteiger partial charge in [-0.3, -0.25) is 19.3 Å². The number of methoxy groups -OCH3 is 1. The number of hydrogen-bond acceptors (Lipinski definition) is 4. The molecule has 1 rings (SSSR count). The highest BCUT2D eigenvalue weighted by molar-refractivity contribution is 6.04. The van der Waals surface area contributed by atoms with Crippen LogP contribution in [0.3, 0.4) is 0 Å². The molecule has 1 aliphatic rings. The zero-order chi connectivity index (χ0) is 23.1. The van der Waals surface area contributed by atoms with E-state index < -0.39 is 0 Å². The summed E-state index contributed by atoms with van der Waals surface area (Å²) in [6.45, 7) is 4.65. The first-order valence-electron chi connectivity index (χ1n) is 11.8. The van der Waals surface area contributed by atoms with Crippen LogP contribution in [0.1, 0.15) is 90.9 Å². The number of nitrogens with zero attached hydrogens (tertiary/aromatic N) is 1. The average Bonchev–Trinajstić information content (AvgIpc) is 3.08. The molecule has 2 unspecified atom stereocenters. The van der Waals surface area contributed by atoms with Crippen LogP contribution in [0, 0.1) is 18.3 Å². The van der Waals surface area contributed by atoms with Crippen LogP contribution in [0.25, 0.3) is 0 Å². The van der Waals surface area contributed by atoms with Crippen LogP contribution in [0.15, 0.2) is 11.8 Å². The quantitative estimate of drug-likeness (QED) is 0.291. The molecule has 6 nitrogen and oxygen atoms in total. The summed E-state index contributed by atoms with van der Waals surface area (Å²) in [5, 5.41) is 2.98. The summed E-state index contributed by atoms with van der Waals surface area (Å²) in [6, 6.07) is -0.332. The Morgan fingerprint density at radius 1 is 1.19 bits per heavy atom. The van der Waals surface area contributed by atoms with Crippen molar-refractivity contribution >= 4 is 17.7 Å². The third-order valence-electron chi connectivity index (χ3n) is 5.75. The number of terminal acetylenes is 1. The summed E-state index contributed by atoms with van der Waals surface area (Å²) in [7, 11) is 1.53. The van der Waals surface area contributed by atoms with Crippen molar-refractivity contribution in [2.75, 3.05) is 13.7 Å². The van der Waals surface area contributed by atoms with E-state index in [0.717, 1.165) is 64.2 Å². The molecule has 0 aliphatic carbocycles. The van der Waals surface area contributed by atoms with Gasteiger partial charge in [-0.2, -0.15) is 0 Å². The zero-order valence-electron chi connectivity index (χ0n) is 19.6. The number of amides is 3. The Kier molecular flexibility index (Phi) is 13.4. The van der Waals surface area contributed by atoms with Gasteiger partial charge in [-0.25, -0.2) is 0 Å². The van der Waals surface area contributed by atoms with Crippen molar-refractivity contribution in [2.24, 2.45) is 5.92 Å². The number of carbonyl (C=O) groups is 3. The van der Waals surface area contributed by atoms with Gasteiger partial charge in [-0.15, -0.1) is 12.3 Å². The predicted molar refractivity (Wildman–Crippen MR) is 123 cm³/mol. The fourth-order valence-corrected chi connectivity index (χ4v) is 3.81. The molecular formula is C25H40N2O4. The van der Waals surface area contributed by atoms with Crippen molar-refractivity contribution in [1.29, 1.82) is 0 Å². The van der Waals surface area contributed by atoms with Gasteiger partial charge >= 0.3 is 0 Å². The zero-order valence-corrected chi connectivity index (χ0v) is 19.6. The molecule has 0 saturated heterocycles. The SMILES string of the molecule is C#CCCCCC(C)C(=O)NCCCCC1C(OC)=CC(=O)N1C(=O)CCCCCC. The number of hydrogen-bond donors (Lipinski definition) is 1. The molecule has 1 aliphatic heterocycles. The highest BCUT2D eigenvalue weighted by atomic mass is 16.5. The fraction of sp³-hybridized carbons (Fsp3) is 0.720. The second-order valence-corrected chi connectivity index (χ2v) is 8.32. The number of unbranched alkanes of at least 4 members (excludes halogenated alkanes) is 6. The summed E-state index contributed by atoms with van der Waals surface area (Å²) < 4.78 is 5.36. The van der Waals surface area contributed by atoms with Gasteiger partial charge in [0.25, 0.3) is 5.91 Å². The van der Waals surface area contributed by atoms with E-state index in [1.54, 1.807) is 0 Å². The first-order chi connectivity index (χ1) is 15.0. The van der Waals surface area contributed by atoms with Gasteiger partial charge < -0.3 is 10.1 Å². The van der Waals surface area contributed by atoms with Crippen LogP contribution in [0.2, 0.25) is 0 Å². The monoisotopic (exact) mass is 432 g/mol. The second kappa shape index (κ2) is 15.5. The van der Waals surface area contributed by atoms with E-state index in [1.165, 1.54) is 18.1 Å². The van der Waals surface area contributed by atoms with Crippen LogP contribution in [-0.2, 0) is 19.1 Å². The minimum atomic E-state index is -0.332. The molecule has 174 valence electrons. The summed E-state index contributed by atoms with van der Waals surface area (Å²) >= 11 is 0. The topological polar surface area (TPSA) is 75.7 Å². The van der Waals surface area contributed by atoms with Crippen LogP contribution < -0.4 is 5.32 Å². The number of rotatable bonds is 16. The van der Waals surface area contributed by atoms with E-state index in [1.807, 2.05) is 6.92 Å². The number of imide groups is 1. The molecule has 0 radical (unpaired) electrons. The molecule has 1 N–H and O–H groups in total. The van der Waals surface area contributed by atoms with E-state index in [0.29, 0.717) is 25.1 Å². The third kappa shape index (κ3) is 9.59. The largest absolute Gasteiger partial charge is 0.499 e. The molecule has 0 aromatic rings. The lowest BCUT2D eigenvalue weighted by atomic mass is 10.0. The highest BCUT2D eigenvalue weighted by Crippen LogP contribution is 2.26. The molecule has 31 heavy (non-hydrogen) atoms. The maximum absolute atomic E-state index is 12.6. The van der Waals surface area contributed by atoms with Crippen molar-refractivity contribution in [1.82, 2.24) is 10.2 Å². The molecule has 6 heteroatoms. The van der Waals surface area contributed by atoms with E-state index in [-0.39, 0.29) is 29.7 Å². The Balaban J connectivity index is 2.39. The number of carbonyl (C=O) groups excluding carboxylic acids is 3. The highest BCUT2D eigenvalue weighted by Gasteiger charge is 2.37. The Morgan fingerprint density at radius 3 is 2.65 bits per heavy atom. The third-order valence-corrected chi connectivity index (χ3v) is 5.75. The van der Waals surface area contributed by atoms with Crippen LogP contribution in [-0.4, -0.2) is 42.3 Å². The number of ether oxygens (including phenoxy) is 1. The van der Waals surface area contributed by atoms with Crippen molar-refractivity contribution in [3.8, 4) is 12.3 Å². The first-order valence-corrected chi connectivity index (χ1v) is 11.8. The molecule has 0 fully saturated rings. The Labute approximate surface area is 188 Å². The van der Waals surface area contributed by atoms with Gasteiger partial charge in [-0.05, 0) is 38.5 Å². The molecule has 0 aromatic heterocycles. The Morgan fingerprint density at radius 2 is 1.97 bits per heavy atom. The normalized spacial score (nSPS) is 16.6. The van der Waals surface area contributed by atoms with Crippen molar-refractivity contribution < 1.29 is 19.1 Å². The van der Waals surface area contributed by atoms with Crippen LogP contribution in [0.5, 0.6) is 0 Å². The van der Waals surface area contributed by atoms with Gasteiger partial charge in [0.2, 0.25) is 11.8 Å². The first kappa shape index (κ1) is 26.7. The average molecular weight is 433 g/mol. The maximum atomic E-state index is 12.6. The lowest BCUT2D eigenvalue weighted by Crippen LogP contribution is -2.40. The van der Waals surface area contributed by atoms with E-state index in [9.17, 15) is 14.4 Å². The van der Waals surface area contributed by atoms with Crippen molar-refractivity contribution in [3.63, 3.8) is 0 Å². The summed E-state index contributed by atoms with van der Waals surface area (Å²) in [6.07, 6.45) is 16.8.